The van der Waals surface area contributed by atoms with Crippen LogP contribution in [0.4, 0.5) is 0 Å². The van der Waals surface area contributed by atoms with Crippen molar-refractivity contribution in [3.05, 3.63) is 24.0 Å². The van der Waals surface area contributed by atoms with E-state index in [-0.39, 0.29) is 0 Å². The van der Waals surface area contributed by atoms with Gasteiger partial charge in [-0.25, -0.2) is 0 Å². The van der Waals surface area contributed by atoms with Crippen LogP contribution in [-0.4, -0.2) is 23.4 Å². The average Bonchev–Trinajstić information content (AvgIpc) is 2.12. The number of ether oxygens (including phenoxy) is 1. The second kappa shape index (κ2) is 3.77. The number of nitriles is 1. The van der Waals surface area contributed by atoms with Crippen molar-refractivity contribution in [1.29, 1.82) is 5.26 Å². The van der Waals surface area contributed by atoms with Gasteiger partial charge in [0.2, 0.25) is 0 Å². The Kier molecular flexibility index (Phi) is 2.48. The summed E-state index contributed by atoms with van der Waals surface area (Å²) in [5.74, 6) is 0. The molecule has 0 unspecified atom stereocenters. The summed E-state index contributed by atoms with van der Waals surface area (Å²) in [7, 11) is 0. The first-order chi connectivity index (χ1) is 6.40. The van der Waals surface area contributed by atoms with Gasteiger partial charge in [-0.15, -0.1) is 11.8 Å². The highest BCUT2D eigenvalue weighted by Crippen LogP contribution is 2.29. The van der Waals surface area contributed by atoms with Crippen LogP contribution in [0.1, 0.15) is 5.56 Å². The maximum atomic E-state index is 8.79. The molecule has 2 heterocycles. The van der Waals surface area contributed by atoms with Gasteiger partial charge in [-0.2, -0.15) is 5.26 Å². The van der Waals surface area contributed by atoms with Gasteiger partial charge in [0.15, 0.2) is 0 Å². The van der Waals surface area contributed by atoms with E-state index in [1.807, 2.05) is 6.07 Å². The van der Waals surface area contributed by atoms with Crippen molar-refractivity contribution >= 4 is 11.8 Å². The van der Waals surface area contributed by atoms with Crippen LogP contribution in [0.25, 0.3) is 0 Å². The minimum Gasteiger partial charge on any atom is -0.379 e. The molecule has 1 aromatic rings. The number of rotatable bonds is 2. The summed E-state index contributed by atoms with van der Waals surface area (Å²) in [6.45, 7) is 1.58. The highest BCUT2D eigenvalue weighted by atomic mass is 32.2. The Bertz CT molecular complexity index is 344. The van der Waals surface area contributed by atoms with Crippen LogP contribution in [0.3, 0.4) is 0 Å². The lowest BCUT2D eigenvalue weighted by molar-refractivity contribution is 0.0455. The Morgan fingerprint density at radius 2 is 2.46 bits per heavy atom. The highest BCUT2D eigenvalue weighted by Gasteiger charge is 2.20. The summed E-state index contributed by atoms with van der Waals surface area (Å²) in [5.41, 5.74) is 0.652. The lowest BCUT2D eigenvalue weighted by atomic mass is 10.3. The standard InChI is InChI=1S/C9H8N2OS/c10-3-7-4-11-2-1-9(7)13-8-5-12-6-8/h1-2,4,8H,5-6H2. The van der Waals surface area contributed by atoms with Gasteiger partial charge >= 0.3 is 0 Å². The first-order valence-corrected chi connectivity index (χ1v) is 4.86. The Morgan fingerprint density at radius 3 is 3.08 bits per heavy atom. The normalized spacial score (nSPS) is 16.2. The van der Waals surface area contributed by atoms with Gasteiger partial charge in [0.25, 0.3) is 0 Å². The monoisotopic (exact) mass is 192 g/mol. The number of pyridine rings is 1. The topological polar surface area (TPSA) is 45.9 Å². The second-order valence-corrected chi connectivity index (χ2v) is 4.10. The minimum absolute atomic E-state index is 0.509. The molecule has 1 aromatic heterocycles. The molecule has 0 atom stereocenters. The third-order valence-corrected chi connectivity index (χ3v) is 3.02. The Morgan fingerprint density at radius 1 is 1.62 bits per heavy atom. The fraction of sp³-hybridized carbons (Fsp3) is 0.333. The van der Waals surface area contributed by atoms with Gasteiger partial charge in [-0.1, -0.05) is 0 Å². The molecule has 3 nitrogen and oxygen atoms in total. The van der Waals surface area contributed by atoms with E-state index in [0.717, 1.165) is 18.1 Å². The number of thioether (sulfide) groups is 1. The van der Waals surface area contributed by atoms with Crippen molar-refractivity contribution < 1.29 is 4.74 Å². The number of nitrogens with zero attached hydrogens (tertiary/aromatic N) is 2. The molecule has 1 saturated heterocycles. The fourth-order valence-electron chi connectivity index (χ4n) is 1.03. The van der Waals surface area contributed by atoms with Crippen LogP contribution >= 0.6 is 11.8 Å². The lowest BCUT2D eigenvalue weighted by Crippen LogP contribution is -2.30. The molecule has 0 N–H and O–H groups in total. The van der Waals surface area contributed by atoms with Gasteiger partial charge in [-0.3, -0.25) is 4.98 Å². The van der Waals surface area contributed by atoms with Gasteiger partial charge in [-0.05, 0) is 6.07 Å². The molecule has 13 heavy (non-hydrogen) atoms. The molecule has 0 amide bonds. The molecule has 4 heteroatoms. The van der Waals surface area contributed by atoms with Crippen LogP contribution < -0.4 is 0 Å². The molecule has 2 rings (SSSR count). The maximum Gasteiger partial charge on any atom is 0.102 e. The highest BCUT2D eigenvalue weighted by molar-refractivity contribution is 8.00. The summed E-state index contributed by atoms with van der Waals surface area (Å²) in [4.78, 5) is 4.91. The summed E-state index contributed by atoms with van der Waals surface area (Å²) < 4.78 is 5.06. The van der Waals surface area contributed by atoms with E-state index in [1.54, 1.807) is 24.2 Å². The number of aromatic nitrogens is 1. The first kappa shape index (κ1) is 8.54. The van der Waals surface area contributed by atoms with Gasteiger partial charge < -0.3 is 4.74 Å². The maximum absolute atomic E-state index is 8.79. The van der Waals surface area contributed by atoms with E-state index >= 15 is 0 Å². The van der Waals surface area contributed by atoms with Crippen LogP contribution in [0.15, 0.2) is 23.4 Å². The van der Waals surface area contributed by atoms with Crippen molar-refractivity contribution in [2.75, 3.05) is 13.2 Å². The van der Waals surface area contributed by atoms with Crippen LogP contribution in [0.2, 0.25) is 0 Å². The van der Waals surface area contributed by atoms with Crippen LogP contribution in [0, 0.1) is 11.3 Å². The molecule has 1 aliphatic rings. The number of hydrogen-bond acceptors (Lipinski definition) is 4. The predicted molar refractivity (Wildman–Crippen MR) is 49.4 cm³/mol. The van der Waals surface area contributed by atoms with E-state index in [4.69, 9.17) is 10.00 Å². The van der Waals surface area contributed by atoms with Crippen LogP contribution in [-0.2, 0) is 4.74 Å². The van der Waals surface area contributed by atoms with Gasteiger partial charge in [0.05, 0.1) is 24.0 Å². The van der Waals surface area contributed by atoms with Crippen molar-refractivity contribution in [3.63, 3.8) is 0 Å². The van der Waals surface area contributed by atoms with E-state index in [2.05, 4.69) is 11.1 Å². The molecule has 1 aliphatic heterocycles. The summed E-state index contributed by atoms with van der Waals surface area (Å²) >= 11 is 1.69. The summed E-state index contributed by atoms with van der Waals surface area (Å²) in [6, 6.07) is 4.00. The molecule has 1 fully saturated rings. The van der Waals surface area contributed by atoms with Crippen molar-refractivity contribution in [2.24, 2.45) is 0 Å². The van der Waals surface area contributed by atoms with Crippen LogP contribution in [0.5, 0.6) is 0 Å². The van der Waals surface area contributed by atoms with Crippen molar-refractivity contribution in [3.8, 4) is 6.07 Å². The molecule has 0 aromatic carbocycles. The first-order valence-electron chi connectivity index (χ1n) is 3.98. The molecular formula is C9H8N2OS. The quantitative estimate of drug-likeness (QED) is 0.711. The van der Waals surface area contributed by atoms with Crippen molar-refractivity contribution in [2.45, 2.75) is 10.1 Å². The molecule has 0 aliphatic carbocycles. The van der Waals surface area contributed by atoms with Crippen molar-refractivity contribution in [1.82, 2.24) is 4.98 Å². The smallest absolute Gasteiger partial charge is 0.102 e. The van der Waals surface area contributed by atoms with E-state index in [1.165, 1.54) is 0 Å². The zero-order valence-electron chi connectivity index (χ0n) is 6.93. The SMILES string of the molecule is N#Cc1cnccc1SC1COC1. The van der Waals surface area contributed by atoms with E-state index in [0.29, 0.717) is 10.8 Å². The lowest BCUT2D eigenvalue weighted by Gasteiger charge is -2.25. The third kappa shape index (κ3) is 1.82. The van der Waals surface area contributed by atoms with E-state index in [9.17, 15) is 0 Å². The molecule has 0 saturated carbocycles. The Hall–Kier alpha value is -1.05. The van der Waals surface area contributed by atoms with Gasteiger partial charge in [0, 0.05) is 17.3 Å². The average molecular weight is 192 g/mol. The largest absolute Gasteiger partial charge is 0.379 e. The zero-order chi connectivity index (χ0) is 9.10. The molecule has 66 valence electrons. The molecule has 0 radical (unpaired) electrons. The summed E-state index contributed by atoms with van der Waals surface area (Å²) in [6.07, 6.45) is 3.31. The van der Waals surface area contributed by atoms with Gasteiger partial charge in [0.1, 0.15) is 6.07 Å². The van der Waals surface area contributed by atoms with E-state index < -0.39 is 0 Å². The molecule has 0 bridgehead atoms. The third-order valence-electron chi connectivity index (χ3n) is 1.80. The Labute approximate surface area is 80.7 Å². The molecule has 0 spiro atoms. The molecular weight excluding hydrogens is 184 g/mol. The second-order valence-electron chi connectivity index (χ2n) is 2.76. The predicted octanol–water partition coefficient (Wildman–Crippen LogP) is 1.44. The number of hydrogen-bond donors (Lipinski definition) is 0. The summed E-state index contributed by atoms with van der Waals surface area (Å²) in [5, 5.41) is 9.30. The zero-order valence-corrected chi connectivity index (χ0v) is 7.75. The minimum atomic E-state index is 0.509. The fourth-order valence-corrected chi connectivity index (χ4v) is 2.08. The Balaban J connectivity index is 2.14.